The first-order valence-corrected chi connectivity index (χ1v) is 9.07. The molecule has 0 spiro atoms. The third-order valence-electron chi connectivity index (χ3n) is 4.60. The first-order chi connectivity index (χ1) is 13.0. The first kappa shape index (κ1) is 18.6. The lowest BCUT2D eigenvalue weighted by molar-refractivity contribution is 0.0925. The van der Waals surface area contributed by atoms with Crippen LogP contribution in [0.3, 0.4) is 0 Å². The Bertz CT molecular complexity index is 934. The van der Waals surface area contributed by atoms with Crippen LogP contribution in [0, 0.1) is 6.92 Å². The highest BCUT2D eigenvalue weighted by atomic mass is 16.2. The number of allylic oxidation sites excluding steroid dienone is 1. The Labute approximate surface area is 157 Å². The van der Waals surface area contributed by atoms with E-state index in [0.717, 1.165) is 25.7 Å². The number of fused-ring (bicyclic) bond motifs is 1. The van der Waals surface area contributed by atoms with Gasteiger partial charge in [-0.3, -0.25) is 14.2 Å². The average Bonchev–Trinajstić information content (AvgIpc) is 2.63. The number of rotatable bonds is 3. The molecule has 8 heteroatoms. The quantitative estimate of drug-likeness (QED) is 0.766. The Kier molecular flexibility index (Phi) is 5.54. The van der Waals surface area contributed by atoms with E-state index in [1.54, 1.807) is 18.3 Å². The summed E-state index contributed by atoms with van der Waals surface area (Å²) in [6.07, 6.45) is 8.51. The van der Waals surface area contributed by atoms with E-state index in [9.17, 15) is 9.59 Å². The smallest absolute Gasteiger partial charge is 0.278 e. The molecule has 1 aliphatic heterocycles. The van der Waals surface area contributed by atoms with E-state index in [1.807, 2.05) is 19.9 Å². The summed E-state index contributed by atoms with van der Waals surface area (Å²) in [7, 11) is 0. The molecule has 1 atom stereocenters. The second kappa shape index (κ2) is 8.03. The van der Waals surface area contributed by atoms with Gasteiger partial charge in [0.25, 0.3) is 11.5 Å². The molecule has 1 aliphatic rings. The van der Waals surface area contributed by atoms with Crippen LogP contribution >= 0.6 is 0 Å². The van der Waals surface area contributed by atoms with Crippen LogP contribution in [0.25, 0.3) is 6.20 Å². The van der Waals surface area contributed by atoms with Gasteiger partial charge in [0.05, 0.1) is 0 Å². The Hall–Kier alpha value is -3.16. The predicted octanol–water partition coefficient (Wildman–Crippen LogP) is 2.44. The van der Waals surface area contributed by atoms with Crippen molar-refractivity contribution in [1.29, 1.82) is 0 Å². The first-order valence-electron chi connectivity index (χ1n) is 9.07. The van der Waals surface area contributed by atoms with E-state index in [-0.39, 0.29) is 17.5 Å². The summed E-state index contributed by atoms with van der Waals surface area (Å²) in [5.74, 6) is 0.480. The second-order valence-electron chi connectivity index (χ2n) is 6.61. The molecule has 142 valence electrons. The molecule has 27 heavy (non-hydrogen) atoms. The average molecular weight is 368 g/mol. The molecule has 0 radical (unpaired) electrons. The molecule has 0 bridgehead atoms. The number of nitrogens with two attached hydrogens (primary N) is 1. The molecule has 0 fully saturated rings. The summed E-state index contributed by atoms with van der Waals surface area (Å²) in [5, 5.41) is 6.02. The van der Waals surface area contributed by atoms with Crippen molar-refractivity contribution in [3.8, 4) is 0 Å². The second-order valence-corrected chi connectivity index (χ2v) is 6.61. The zero-order valence-corrected chi connectivity index (χ0v) is 15.5. The number of hydrogen-bond acceptors (Lipinski definition) is 6. The number of aromatic nitrogens is 3. The third kappa shape index (κ3) is 4.16. The van der Waals surface area contributed by atoms with Gasteiger partial charge in [-0.1, -0.05) is 13.0 Å². The normalized spacial score (nSPS) is 18.3. The summed E-state index contributed by atoms with van der Waals surface area (Å²) in [5.41, 5.74) is 6.70. The standard InChI is InChI=1S/C19H24N6O2/c1-3-13-7-5-4-6-8-25-17(18(26)23-13)12(2)9-14(19(25)27)24-16-10-15(20)21-11-22-16/h6,8-11,13H,3-5,7H2,1-2H3,(H,23,26)(H3,20,21,22,24)/b8-6-. The molecule has 0 aromatic carbocycles. The monoisotopic (exact) mass is 368 g/mol. The molecule has 0 saturated heterocycles. The van der Waals surface area contributed by atoms with Gasteiger partial charge in [0.15, 0.2) is 0 Å². The Morgan fingerprint density at radius 2 is 2.15 bits per heavy atom. The van der Waals surface area contributed by atoms with Crippen molar-refractivity contribution in [2.45, 2.75) is 45.6 Å². The Balaban J connectivity index is 2.06. The summed E-state index contributed by atoms with van der Waals surface area (Å²) in [6, 6.07) is 3.31. The van der Waals surface area contributed by atoms with Crippen molar-refractivity contribution in [2.24, 2.45) is 0 Å². The minimum atomic E-state index is -0.326. The predicted molar refractivity (Wildman–Crippen MR) is 106 cm³/mol. The van der Waals surface area contributed by atoms with Gasteiger partial charge in [0, 0.05) is 18.3 Å². The van der Waals surface area contributed by atoms with Crippen molar-refractivity contribution in [3.05, 3.63) is 46.1 Å². The highest BCUT2D eigenvalue weighted by molar-refractivity contribution is 5.95. The number of nitrogens with one attached hydrogen (secondary N) is 2. The number of carbonyl (C=O) groups excluding carboxylic acids is 1. The van der Waals surface area contributed by atoms with Gasteiger partial charge < -0.3 is 16.4 Å². The summed E-state index contributed by atoms with van der Waals surface area (Å²) in [4.78, 5) is 33.7. The Morgan fingerprint density at radius 3 is 2.89 bits per heavy atom. The molecule has 4 N–H and O–H groups in total. The molecule has 1 amide bonds. The zero-order valence-electron chi connectivity index (χ0n) is 15.5. The molecule has 0 saturated carbocycles. The molecule has 2 aromatic rings. The maximum atomic E-state index is 13.0. The molecule has 2 aromatic heterocycles. The molecular formula is C19H24N6O2. The van der Waals surface area contributed by atoms with Crippen LogP contribution in [0.2, 0.25) is 0 Å². The van der Waals surface area contributed by atoms with Crippen LogP contribution in [-0.4, -0.2) is 26.5 Å². The van der Waals surface area contributed by atoms with Gasteiger partial charge in [-0.05, 0) is 44.2 Å². The summed E-state index contributed by atoms with van der Waals surface area (Å²) < 4.78 is 1.40. The molecule has 0 aliphatic carbocycles. The molecule has 3 heterocycles. The van der Waals surface area contributed by atoms with E-state index in [4.69, 9.17) is 5.73 Å². The van der Waals surface area contributed by atoms with Crippen molar-refractivity contribution >= 4 is 29.4 Å². The van der Waals surface area contributed by atoms with Crippen molar-refractivity contribution in [1.82, 2.24) is 19.9 Å². The minimum Gasteiger partial charge on any atom is -0.384 e. The van der Waals surface area contributed by atoms with Gasteiger partial charge >= 0.3 is 0 Å². The molecule has 1 unspecified atom stereocenters. The number of anilines is 3. The van der Waals surface area contributed by atoms with E-state index in [1.165, 1.54) is 10.9 Å². The fraction of sp³-hybridized carbons (Fsp3) is 0.368. The summed E-state index contributed by atoms with van der Waals surface area (Å²) >= 11 is 0. The SMILES string of the molecule is CCC1CCC/C=C\n2c(c(C)cc(Nc3cc(N)ncn3)c2=O)C(=O)N1. The largest absolute Gasteiger partial charge is 0.384 e. The van der Waals surface area contributed by atoms with Crippen molar-refractivity contribution < 1.29 is 4.79 Å². The maximum absolute atomic E-state index is 13.0. The molecule has 3 rings (SSSR count). The number of carbonyl (C=O) groups is 1. The van der Waals surface area contributed by atoms with Crippen LogP contribution in [-0.2, 0) is 0 Å². The minimum absolute atomic E-state index is 0.105. The lowest BCUT2D eigenvalue weighted by Crippen LogP contribution is -2.38. The number of nitrogen functional groups attached to an aromatic ring is 1. The van der Waals surface area contributed by atoms with Crippen molar-refractivity contribution in [3.63, 3.8) is 0 Å². The highest BCUT2D eigenvalue weighted by Gasteiger charge is 2.21. The van der Waals surface area contributed by atoms with E-state index < -0.39 is 0 Å². The Morgan fingerprint density at radius 1 is 1.33 bits per heavy atom. The highest BCUT2D eigenvalue weighted by Crippen LogP contribution is 2.18. The third-order valence-corrected chi connectivity index (χ3v) is 4.60. The van der Waals surface area contributed by atoms with Crippen LogP contribution < -0.4 is 21.9 Å². The van der Waals surface area contributed by atoms with Gasteiger partial charge in [0.2, 0.25) is 0 Å². The van der Waals surface area contributed by atoms with Gasteiger partial charge in [-0.15, -0.1) is 0 Å². The lowest BCUT2D eigenvalue weighted by atomic mass is 10.1. The number of hydrogen-bond donors (Lipinski definition) is 3. The van der Waals surface area contributed by atoms with Crippen LogP contribution in [0.5, 0.6) is 0 Å². The van der Waals surface area contributed by atoms with Gasteiger partial charge in [-0.2, -0.15) is 0 Å². The van der Waals surface area contributed by atoms with E-state index in [0.29, 0.717) is 28.6 Å². The molecule has 8 nitrogen and oxygen atoms in total. The number of nitrogens with zero attached hydrogens (tertiary/aromatic N) is 3. The van der Waals surface area contributed by atoms with E-state index in [2.05, 4.69) is 20.6 Å². The van der Waals surface area contributed by atoms with Crippen LogP contribution in [0.4, 0.5) is 17.3 Å². The lowest BCUT2D eigenvalue weighted by Gasteiger charge is -2.21. The van der Waals surface area contributed by atoms with Gasteiger partial charge in [0.1, 0.15) is 29.3 Å². The fourth-order valence-corrected chi connectivity index (χ4v) is 3.16. The molecular weight excluding hydrogens is 344 g/mol. The number of amides is 1. The maximum Gasteiger partial charge on any atom is 0.278 e. The topological polar surface area (TPSA) is 115 Å². The zero-order chi connectivity index (χ0) is 19.4. The van der Waals surface area contributed by atoms with Crippen molar-refractivity contribution in [2.75, 3.05) is 11.1 Å². The van der Waals surface area contributed by atoms with Gasteiger partial charge in [-0.25, -0.2) is 9.97 Å². The number of pyridine rings is 1. The summed E-state index contributed by atoms with van der Waals surface area (Å²) in [6.45, 7) is 3.86. The number of aryl methyl sites for hydroxylation is 1. The van der Waals surface area contributed by atoms with Crippen LogP contribution in [0.15, 0.2) is 29.3 Å². The van der Waals surface area contributed by atoms with E-state index >= 15 is 0 Å². The fourth-order valence-electron chi connectivity index (χ4n) is 3.16. The van der Waals surface area contributed by atoms with Crippen LogP contribution in [0.1, 0.15) is 48.7 Å².